The summed E-state index contributed by atoms with van der Waals surface area (Å²) in [5.74, 6) is 5.24. The maximum Gasteiger partial charge on any atom is 0.318 e. The zero-order valence-corrected chi connectivity index (χ0v) is 28.2. The highest BCUT2D eigenvalue weighted by molar-refractivity contribution is 6.31. The second-order valence-electron chi connectivity index (χ2n) is 11.7. The first kappa shape index (κ1) is 35.0. The number of nitriles is 1. The lowest BCUT2D eigenvalue weighted by Gasteiger charge is -2.37. The smallest absolute Gasteiger partial charge is 0.318 e. The minimum atomic E-state index is -1.01. The van der Waals surface area contributed by atoms with Gasteiger partial charge in [-0.1, -0.05) is 53.8 Å². The van der Waals surface area contributed by atoms with E-state index < -0.39 is 23.9 Å². The summed E-state index contributed by atoms with van der Waals surface area (Å²) < 4.78 is 12.4. The van der Waals surface area contributed by atoms with E-state index in [1.807, 2.05) is 12.1 Å². The number of urea groups is 1. The lowest BCUT2D eigenvalue weighted by Crippen LogP contribution is -2.58. The number of hydrogen-bond donors (Lipinski definition) is 3. The number of rotatable bonds is 7. The third-order valence-electron chi connectivity index (χ3n) is 8.36. The number of nitrogens with zero attached hydrogens (tertiary/aromatic N) is 5. The van der Waals surface area contributed by atoms with Gasteiger partial charge < -0.3 is 35.0 Å². The minimum Gasteiger partial charge on any atom is -0.507 e. The van der Waals surface area contributed by atoms with Crippen LogP contribution in [-0.2, 0) is 25.6 Å². The Labute approximate surface area is 299 Å². The molecule has 0 saturated carbocycles. The SMILES string of the molecule is N#CCn1cc(C#Cc2ccc(NC(=O)[C@@H]3COCCN3C(=O)[C@H](NC(=O)N3CCOCC3)c3ccccc3)cc2)c(-c2cc(Cl)ccc2O)n1. The van der Waals surface area contributed by atoms with Gasteiger partial charge in [-0.05, 0) is 48.0 Å². The van der Waals surface area contributed by atoms with E-state index in [2.05, 4.69) is 27.6 Å². The predicted molar refractivity (Wildman–Crippen MR) is 187 cm³/mol. The van der Waals surface area contributed by atoms with Crippen LogP contribution in [0.4, 0.5) is 10.5 Å². The number of phenolic OH excluding ortho intramolecular Hbond substituents is 1. The van der Waals surface area contributed by atoms with Crippen molar-refractivity contribution in [3.8, 4) is 34.9 Å². The Morgan fingerprint density at radius 2 is 1.73 bits per heavy atom. The van der Waals surface area contributed by atoms with E-state index in [1.54, 1.807) is 71.8 Å². The van der Waals surface area contributed by atoms with Gasteiger partial charge in [-0.25, -0.2) is 4.79 Å². The summed E-state index contributed by atoms with van der Waals surface area (Å²) >= 11 is 6.16. The molecule has 0 unspecified atom stereocenters. The van der Waals surface area contributed by atoms with Gasteiger partial charge in [-0.3, -0.25) is 14.3 Å². The molecule has 2 saturated heterocycles. The number of hydrogen-bond acceptors (Lipinski definition) is 8. The Hall–Kier alpha value is -5.86. The molecular weight excluding hydrogens is 674 g/mol. The number of halogens is 1. The van der Waals surface area contributed by atoms with Crippen LogP contribution in [0.2, 0.25) is 5.02 Å². The van der Waals surface area contributed by atoms with Gasteiger partial charge in [0.05, 0.1) is 38.1 Å². The highest BCUT2D eigenvalue weighted by Gasteiger charge is 2.38. The normalized spacial score (nSPS) is 16.3. The summed E-state index contributed by atoms with van der Waals surface area (Å²) in [6.07, 6.45) is 1.62. The van der Waals surface area contributed by atoms with Crippen molar-refractivity contribution < 1.29 is 29.0 Å². The van der Waals surface area contributed by atoms with Gasteiger partial charge in [0.25, 0.3) is 5.91 Å². The Morgan fingerprint density at radius 1 is 0.980 bits per heavy atom. The van der Waals surface area contributed by atoms with Gasteiger partial charge in [-0.15, -0.1) is 0 Å². The van der Waals surface area contributed by atoms with Gasteiger partial charge in [0.15, 0.2) is 0 Å². The van der Waals surface area contributed by atoms with E-state index in [0.717, 1.165) is 0 Å². The molecule has 3 heterocycles. The molecule has 2 atom stereocenters. The maximum absolute atomic E-state index is 14.1. The van der Waals surface area contributed by atoms with E-state index in [0.29, 0.717) is 65.0 Å². The summed E-state index contributed by atoms with van der Waals surface area (Å²) in [7, 11) is 0. The van der Waals surface area contributed by atoms with Crippen LogP contribution in [0.25, 0.3) is 11.3 Å². The lowest BCUT2D eigenvalue weighted by molar-refractivity contribution is -0.148. The second-order valence-corrected chi connectivity index (χ2v) is 12.2. The topological polar surface area (TPSA) is 162 Å². The molecule has 2 aliphatic rings. The molecule has 0 bridgehead atoms. The van der Waals surface area contributed by atoms with Crippen molar-refractivity contribution in [3.05, 3.63) is 101 Å². The number of carbonyl (C=O) groups is 3. The molecule has 51 heavy (non-hydrogen) atoms. The van der Waals surface area contributed by atoms with Crippen molar-refractivity contribution in [2.45, 2.75) is 18.6 Å². The summed E-state index contributed by atoms with van der Waals surface area (Å²) in [5, 5.41) is 30.2. The zero-order valence-electron chi connectivity index (χ0n) is 27.4. The van der Waals surface area contributed by atoms with Crippen LogP contribution in [0.15, 0.2) is 79.0 Å². The number of aromatic hydroxyl groups is 1. The Balaban J connectivity index is 1.16. The van der Waals surface area contributed by atoms with Crippen LogP contribution in [0.5, 0.6) is 5.75 Å². The number of carbonyl (C=O) groups excluding carboxylic acids is 3. The Bertz CT molecular complexity index is 2000. The molecule has 0 aliphatic carbocycles. The molecule has 1 aromatic heterocycles. The fourth-order valence-corrected chi connectivity index (χ4v) is 5.90. The van der Waals surface area contributed by atoms with Gasteiger partial charge in [0.1, 0.15) is 30.1 Å². The van der Waals surface area contributed by atoms with E-state index in [1.165, 1.54) is 15.6 Å². The number of aromatic nitrogens is 2. The van der Waals surface area contributed by atoms with Crippen LogP contribution in [0, 0.1) is 23.2 Å². The first-order valence-electron chi connectivity index (χ1n) is 16.2. The molecule has 2 aliphatic heterocycles. The molecule has 260 valence electrons. The molecule has 0 spiro atoms. The highest BCUT2D eigenvalue weighted by atomic mass is 35.5. The molecule has 2 fully saturated rings. The molecular formula is C37H34ClN7O6. The number of anilines is 1. The van der Waals surface area contributed by atoms with Crippen LogP contribution < -0.4 is 10.6 Å². The predicted octanol–water partition coefficient (Wildman–Crippen LogP) is 3.78. The van der Waals surface area contributed by atoms with Crippen molar-refractivity contribution in [3.63, 3.8) is 0 Å². The molecule has 4 amide bonds. The molecule has 14 heteroatoms. The van der Waals surface area contributed by atoms with Gasteiger partial charge in [0, 0.05) is 47.7 Å². The minimum absolute atomic E-state index is 0.00452. The highest BCUT2D eigenvalue weighted by Crippen LogP contribution is 2.32. The fourth-order valence-electron chi connectivity index (χ4n) is 5.73. The van der Waals surface area contributed by atoms with E-state index in [4.69, 9.17) is 26.3 Å². The zero-order chi connectivity index (χ0) is 35.7. The number of amides is 4. The van der Waals surface area contributed by atoms with Gasteiger partial charge in [0.2, 0.25) is 5.91 Å². The van der Waals surface area contributed by atoms with Crippen LogP contribution in [-0.4, -0.2) is 94.6 Å². The van der Waals surface area contributed by atoms with Crippen molar-refractivity contribution in [2.24, 2.45) is 0 Å². The van der Waals surface area contributed by atoms with Gasteiger partial charge in [-0.2, -0.15) is 10.4 Å². The number of nitrogens with one attached hydrogen (secondary N) is 2. The van der Waals surface area contributed by atoms with Crippen molar-refractivity contribution in [1.29, 1.82) is 5.26 Å². The van der Waals surface area contributed by atoms with E-state index in [9.17, 15) is 19.5 Å². The quantitative estimate of drug-likeness (QED) is 0.245. The molecule has 3 N–H and O–H groups in total. The summed E-state index contributed by atoms with van der Waals surface area (Å²) in [6.45, 7) is 2.06. The standard InChI is InChI=1S/C37H34ClN7O6/c38-28-10-13-32(46)30(22-28)33-27(23-44(42-33)15-14-39)9-6-25-7-11-29(12-8-25)40-35(47)31-24-51-21-18-45(31)36(48)34(26-4-2-1-3-5-26)41-37(49)43-16-19-50-20-17-43/h1-5,7-8,10-13,22-23,31,34,46H,15-21,24H2,(H,40,47)(H,41,49)/t31-,34+/m0/s1. The maximum atomic E-state index is 14.1. The number of benzene rings is 3. The molecule has 0 radical (unpaired) electrons. The number of morpholine rings is 2. The van der Waals surface area contributed by atoms with Crippen molar-refractivity contribution in [2.75, 3.05) is 51.4 Å². The van der Waals surface area contributed by atoms with Crippen molar-refractivity contribution in [1.82, 2.24) is 24.9 Å². The summed E-state index contributed by atoms with van der Waals surface area (Å²) in [5.41, 5.74) is 2.95. The van der Waals surface area contributed by atoms with Crippen molar-refractivity contribution >= 4 is 35.1 Å². The average molecular weight is 708 g/mol. The third kappa shape index (κ3) is 8.48. The summed E-state index contributed by atoms with van der Waals surface area (Å²) in [6, 6.07) is 20.1. The second kappa shape index (κ2) is 16.2. The fraction of sp³-hybridized carbons (Fsp3) is 0.270. The van der Waals surface area contributed by atoms with E-state index >= 15 is 0 Å². The molecule has 4 aromatic rings. The first-order valence-corrected chi connectivity index (χ1v) is 16.6. The van der Waals surface area contributed by atoms with E-state index in [-0.39, 0.29) is 38.1 Å². The number of phenols is 1. The Morgan fingerprint density at radius 3 is 2.47 bits per heavy atom. The van der Waals surface area contributed by atoms with Crippen LogP contribution in [0.1, 0.15) is 22.7 Å². The average Bonchev–Trinajstić information content (AvgIpc) is 3.57. The Kier molecular flexibility index (Phi) is 11.1. The lowest BCUT2D eigenvalue weighted by atomic mass is 10.0. The first-order chi connectivity index (χ1) is 24.8. The monoisotopic (exact) mass is 707 g/mol. The molecule has 13 nitrogen and oxygen atoms in total. The largest absolute Gasteiger partial charge is 0.507 e. The molecule has 3 aromatic carbocycles. The van der Waals surface area contributed by atoms with Crippen LogP contribution >= 0.6 is 11.6 Å². The third-order valence-corrected chi connectivity index (χ3v) is 8.60. The van der Waals surface area contributed by atoms with Gasteiger partial charge >= 0.3 is 6.03 Å². The van der Waals surface area contributed by atoms with Crippen LogP contribution in [0.3, 0.4) is 0 Å². The summed E-state index contributed by atoms with van der Waals surface area (Å²) in [4.78, 5) is 43.9. The molecule has 6 rings (SSSR count). The number of ether oxygens (including phenoxy) is 2.